The van der Waals surface area contributed by atoms with Crippen molar-refractivity contribution >= 4 is 5.97 Å². The largest absolute Gasteiger partial charge is 0.508 e. The van der Waals surface area contributed by atoms with Gasteiger partial charge >= 0.3 is 5.97 Å². The molecular formula is C10H13NO3. The zero-order valence-electron chi connectivity index (χ0n) is 7.68. The second-order valence-corrected chi connectivity index (χ2v) is 3.15. The molecule has 4 heteroatoms. The molecule has 0 saturated carbocycles. The zero-order chi connectivity index (χ0) is 10.6. The van der Waals surface area contributed by atoms with Crippen LogP contribution in [0, 0.1) is 0 Å². The summed E-state index contributed by atoms with van der Waals surface area (Å²) in [6, 6.07) is 5.89. The lowest BCUT2D eigenvalue weighted by molar-refractivity contribution is -0.138. The summed E-state index contributed by atoms with van der Waals surface area (Å²) in [6.07, 6.45) is 0.931. The molecule has 0 amide bonds. The lowest BCUT2D eigenvalue weighted by atomic mass is 10.1. The van der Waals surface area contributed by atoms with Crippen molar-refractivity contribution < 1.29 is 15.0 Å². The lowest BCUT2D eigenvalue weighted by Crippen LogP contribution is -2.30. The average Bonchev–Trinajstić information content (AvgIpc) is 2.14. The Hall–Kier alpha value is -1.55. The van der Waals surface area contributed by atoms with Crippen molar-refractivity contribution in [2.24, 2.45) is 5.73 Å². The number of carboxylic acids is 1. The van der Waals surface area contributed by atoms with Crippen LogP contribution in [0.2, 0.25) is 0 Å². The van der Waals surface area contributed by atoms with Crippen molar-refractivity contribution in [3.05, 3.63) is 29.8 Å². The Balaban J connectivity index is 2.49. The predicted octanol–water partition coefficient (Wildman–Crippen LogP) is 0.737. The van der Waals surface area contributed by atoms with Gasteiger partial charge in [0.05, 0.1) is 0 Å². The van der Waals surface area contributed by atoms with Crippen molar-refractivity contribution in [3.63, 3.8) is 0 Å². The van der Waals surface area contributed by atoms with E-state index < -0.39 is 12.0 Å². The van der Waals surface area contributed by atoms with Gasteiger partial charge in [0.25, 0.3) is 0 Å². The van der Waals surface area contributed by atoms with Gasteiger partial charge in [0.15, 0.2) is 0 Å². The summed E-state index contributed by atoms with van der Waals surface area (Å²) in [7, 11) is 0. The van der Waals surface area contributed by atoms with Gasteiger partial charge in [-0.25, -0.2) is 0 Å². The number of aliphatic carboxylic acids is 1. The number of hydrogen-bond acceptors (Lipinski definition) is 3. The molecule has 0 aliphatic heterocycles. The highest BCUT2D eigenvalue weighted by Crippen LogP contribution is 2.12. The maximum absolute atomic E-state index is 10.4. The molecule has 0 aliphatic carbocycles. The quantitative estimate of drug-likeness (QED) is 0.661. The van der Waals surface area contributed by atoms with Gasteiger partial charge in [-0.15, -0.1) is 0 Å². The summed E-state index contributed by atoms with van der Waals surface area (Å²) in [5.41, 5.74) is 6.23. The van der Waals surface area contributed by atoms with E-state index in [1.165, 1.54) is 0 Å². The molecule has 0 heterocycles. The van der Waals surface area contributed by atoms with E-state index in [-0.39, 0.29) is 5.75 Å². The van der Waals surface area contributed by atoms with Crippen LogP contribution in [0.1, 0.15) is 12.0 Å². The molecule has 1 unspecified atom stereocenters. The molecule has 4 nitrogen and oxygen atoms in total. The Labute approximate surface area is 82.0 Å². The van der Waals surface area contributed by atoms with Gasteiger partial charge in [0.1, 0.15) is 11.8 Å². The number of hydrogen-bond donors (Lipinski definition) is 3. The molecule has 76 valence electrons. The molecule has 0 aliphatic rings. The van der Waals surface area contributed by atoms with E-state index >= 15 is 0 Å². The van der Waals surface area contributed by atoms with E-state index in [1.807, 2.05) is 6.07 Å². The first-order valence-corrected chi connectivity index (χ1v) is 4.36. The summed E-state index contributed by atoms with van der Waals surface area (Å²) in [6.45, 7) is 0. The fraction of sp³-hybridized carbons (Fsp3) is 0.300. The number of aryl methyl sites for hydroxylation is 1. The molecule has 1 aromatic carbocycles. The average molecular weight is 195 g/mol. The third-order valence-corrected chi connectivity index (χ3v) is 1.97. The number of aromatic hydroxyl groups is 1. The second kappa shape index (κ2) is 4.62. The molecule has 4 N–H and O–H groups in total. The number of rotatable bonds is 4. The van der Waals surface area contributed by atoms with Gasteiger partial charge in [-0.3, -0.25) is 4.79 Å². The highest BCUT2D eigenvalue weighted by atomic mass is 16.4. The van der Waals surface area contributed by atoms with Gasteiger partial charge in [0.2, 0.25) is 0 Å². The zero-order valence-corrected chi connectivity index (χ0v) is 7.68. The Morgan fingerprint density at radius 1 is 1.50 bits per heavy atom. The number of benzene rings is 1. The van der Waals surface area contributed by atoms with Gasteiger partial charge in [-0.2, -0.15) is 0 Å². The monoisotopic (exact) mass is 195 g/mol. The first-order chi connectivity index (χ1) is 6.59. The Morgan fingerprint density at radius 3 is 2.79 bits per heavy atom. The molecule has 0 aromatic heterocycles. The van der Waals surface area contributed by atoms with E-state index in [1.54, 1.807) is 18.2 Å². The number of phenolic OH excluding ortho intramolecular Hbond substituents is 1. The van der Waals surface area contributed by atoms with E-state index in [0.717, 1.165) is 5.56 Å². The smallest absolute Gasteiger partial charge is 0.320 e. The van der Waals surface area contributed by atoms with E-state index in [0.29, 0.717) is 12.8 Å². The minimum Gasteiger partial charge on any atom is -0.508 e. The summed E-state index contributed by atoms with van der Waals surface area (Å²) in [4.78, 5) is 10.4. The van der Waals surface area contributed by atoms with Gasteiger partial charge < -0.3 is 15.9 Å². The molecular weight excluding hydrogens is 182 g/mol. The predicted molar refractivity (Wildman–Crippen MR) is 52.0 cm³/mol. The number of nitrogens with two attached hydrogens (primary N) is 1. The Kier molecular flexibility index (Phi) is 3.48. The molecule has 0 bridgehead atoms. The van der Waals surface area contributed by atoms with E-state index in [2.05, 4.69) is 0 Å². The maximum Gasteiger partial charge on any atom is 0.320 e. The fourth-order valence-electron chi connectivity index (χ4n) is 1.16. The van der Waals surface area contributed by atoms with Gasteiger partial charge in [-0.05, 0) is 30.5 Å². The van der Waals surface area contributed by atoms with Crippen LogP contribution in [0.3, 0.4) is 0 Å². The summed E-state index contributed by atoms with van der Waals surface area (Å²) in [5, 5.41) is 17.7. The minimum atomic E-state index is -0.995. The summed E-state index contributed by atoms with van der Waals surface area (Å²) < 4.78 is 0. The second-order valence-electron chi connectivity index (χ2n) is 3.15. The standard InChI is InChI=1S/C10H13NO3/c11-9(10(13)14)5-4-7-2-1-3-8(12)6-7/h1-3,6,9,12H,4-5,11H2,(H,13,14). The highest BCUT2D eigenvalue weighted by molar-refractivity contribution is 5.73. The number of carboxylic acid groups (broad SMARTS) is 1. The van der Waals surface area contributed by atoms with Crippen molar-refractivity contribution in [2.75, 3.05) is 0 Å². The van der Waals surface area contributed by atoms with Crippen molar-refractivity contribution in [1.82, 2.24) is 0 Å². The minimum absolute atomic E-state index is 0.186. The van der Waals surface area contributed by atoms with Crippen LogP contribution < -0.4 is 5.73 Å². The van der Waals surface area contributed by atoms with Crippen LogP contribution in [0.4, 0.5) is 0 Å². The van der Waals surface area contributed by atoms with Crippen LogP contribution in [-0.4, -0.2) is 22.2 Å². The first-order valence-electron chi connectivity index (χ1n) is 4.36. The Bertz CT molecular complexity index is 325. The molecule has 1 rings (SSSR count). The fourth-order valence-corrected chi connectivity index (χ4v) is 1.16. The normalized spacial score (nSPS) is 12.4. The number of carbonyl (C=O) groups is 1. The molecule has 0 fully saturated rings. The molecule has 0 saturated heterocycles. The summed E-state index contributed by atoms with van der Waals surface area (Å²) in [5.74, 6) is -0.809. The molecule has 1 aromatic rings. The van der Waals surface area contributed by atoms with Crippen LogP contribution in [0.25, 0.3) is 0 Å². The van der Waals surface area contributed by atoms with E-state index in [9.17, 15) is 4.79 Å². The Morgan fingerprint density at radius 2 is 2.21 bits per heavy atom. The van der Waals surface area contributed by atoms with Crippen LogP contribution in [0.15, 0.2) is 24.3 Å². The topological polar surface area (TPSA) is 83.5 Å². The van der Waals surface area contributed by atoms with Crippen molar-refractivity contribution in [1.29, 1.82) is 0 Å². The van der Waals surface area contributed by atoms with Crippen molar-refractivity contribution in [3.8, 4) is 5.75 Å². The van der Waals surface area contributed by atoms with E-state index in [4.69, 9.17) is 15.9 Å². The van der Waals surface area contributed by atoms with Crippen LogP contribution in [-0.2, 0) is 11.2 Å². The molecule has 0 radical (unpaired) electrons. The SMILES string of the molecule is NC(CCc1cccc(O)c1)C(=O)O. The molecule has 1 atom stereocenters. The maximum atomic E-state index is 10.4. The van der Waals surface area contributed by atoms with Crippen LogP contribution >= 0.6 is 0 Å². The third kappa shape index (κ3) is 3.06. The van der Waals surface area contributed by atoms with Crippen molar-refractivity contribution in [2.45, 2.75) is 18.9 Å². The first kappa shape index (κ1) is 10.5. The summed E-state index contributed by atoms with van der Waals surface area (Å²) >= 11 is 0. The lowest BCUT2D eigenvalue weighted by Gasteiger charge is -2.05. The highest BCUT2D eigenvalue weighted by Gasteiger charge is 2.10. The molecule has 14 heavy (non-hydrogen) atoms. The third-order valence-electron chi connectivity index (χ3n) is 1.97. The number of phenols is 1. The van der Waals surface area contributed by atoms with Crippen LogP contribution in [0.5, 0.6) is 5.75 Å². The van der Waals surface area contributed by atoms with Gasteiger partial charge in [0, 0.05) is 0 Å². The van der Waals surface area contributed by atoms with Gasteiger partial charge in [-0.1, -0.05) is 12.1 Å². The molecule has 0 spiro atoms.